The molecule has 1 unspecified atom stereocenters. The van der Waals surface area contributed by atoms with E-state index in [4.69, 9.17) is 58.0 Å². The standard InChI is InChI=1S/C13H8Cl5NO3/c1-22-12(21)13(18)5-9(20)19(10(13)11(16)17)8-3-6(14)2-7(15)4-8/h2-4H,5H2,1H3. The fourth-order valence-electron chi connectivity index (χ4n) is 2.18. The Morgan fingerprint density at radius 1 is 1.23 bits per heavy atom. The van der Waals surface area contributed by atoms with Crippen molar-refractivity contribution in [1.82, 2.24) is 0 Å². The Morgan fingerprint density at radius 3 is 2.23 bits per heavy atom. The lowest BCUT2D eigenvalue weighted by atomic mass is 10.1. The Bertz CT molecular complexity index is 666. The fraction of sp³-hybridized carbons (Fsp3) is 0.231. The molecule has 1 aliphatic heterocycles. The number of amides is 1. The van der Waals surface area contributed by atoms with Gasteiger partial charge in [-0.2, -0.15) is 0 Å². The van der Waals surface area contributed by atoms with Crippen molar-refractivity contribution in [1.29, 1.82) is 0 Å². The number of hydrogen-bond acceptors (Lipinski definition) is 3. The summed E-state index contributed by atoms with van der Waals surface area (Å²) in [6, 6.07) is 4.44. The van der Waals surface area contributed by atoms with Crippen LogP contribution in [0.15, 0.2) is 28.4 Å². The van der Waals surface area contributed by atoms with Gasteiger partial charge in [0, 0.05) is 10.0 Å². The van der Waals surface area contributed by atoms with Crippen LogP contribution in [-0.4, -0.2) is 23.9 Å². The van der Waals surface area contributed by atoms with Gasteiger partial charge in [0.2, 0.25) is 5.91 Å². The topological polar surface area (TPSA) is 46.6 Å². The number of carbonyl (C=O) groups is 2. The number of alkyl halides is 1. The molecular weight excluding hydrogens is 395 g/mol. The van der Waals surface area contributed by atoms with E-state index >= 15 is 0 Å². The van der Waals surface area contributed by atoms with E-state index in [9.17, 15) is 9.59 Å². The lowest BCUT2D eigenvalue weighted by Gasteiger charge is -2.24. The Hall–Kier alpha value is -0.650. The highest BCUT2D eigenvalue weighted by Crippen LogP contribution is 2.46. The Kier molecular flexibility index (Phi) is 5.20. The lowest BCUT2D eigenvalue weighted by molar-refractivity contribution is -0.143. The van der Waals surface area contributed by atoms with Crippen LogP contribution >= 0.6 is 58.0 Å². The van der Waals surface area contributed by atoms with Crippen molar-refractivity contribution >= 4 is 75.6 Å². The first-order chi connectivity index (χ1) is 10.2. The minimum absolute atomic E-state index is 0.0901. The summed E-state index contributed by atoms with van der Waals surface area (Å²) in [6.45, 7) is 0. The Labute approximate surface area is 151 Å². The maximum Gasteiger partial charge on any atom is 0.333 e. The molecule has 1 fully saturated rings. The second-order valence-corrected chi connectivity index (χ2v) is 6.90. The van der Waals surface area contributed by atoms with Crippen molar-refractivity contribution in [2.24, 2.45) is 0 Å². The number of nitrogens with zero attached hydrogens (tertiary/aromatic N) is 1. The quantitative estimate of drug-likeness (QED) is 0.539. The molecule has 4 nitrogen and oxygen atoms in total. The van der Waals surface area contributed by atoms with E-state index in [-0.39, 0.29) is 16.6 Å². The maximum atomic E-state index is 12.3. The fourth-order valence-corrected chi connectivity index (χ4v) is 3.65. The molecule has 1 heterocycles. The molecular formula is C13H8Cl5NO3. The second kappa shape index (κ2) is 6.46. The van der Waals surface area contributed by atoms with Crippen LogP contribution in [-0.2, 0) is 14.3 Å². The number of ether oxygens (including phenoxy) is 1. The zero-order valence-corrected chi connectivity index (χ0v) is 14.8. The summed E-state index contributed by atoms with van der Waals surface area (Å²) in [7, 11) is 1.15. The van der Waals surface area contributed by atoms with E-state index in [0.717, 1.165) is 12.0 Å². The van der Waals surface area contributed by atoms with Gasteiger partial charge in [-0.25, -0.2) is 4.79 Å². The van der Waals surface area contributed by atoms with Gasteiger partial charge in [-0.1, -0.05) is 58.0 Å². The number of esters is 1. The van der Waals surface area contributed by atoms with E-state index in [0.29, 0.717) is 15.7 Å². The number of anilines is 1. The van der Waals surface area contributed by atoms with Crippen molar-refractivity contribution in [3.8, 4) is 0 Å². The summed E-state index contributed by atoms with van der Waals surface area (Å²) in [5.74, 6) is -1.33. The van der Waals surface area contributed by atoms with Gasteiger partial charge in [0.1, 0.15) is 4.49 Å². The van der Waals surface area contributed by atoms with E-state index in [2.05, 4.69) is 4.74 Å². The molecule has 9 heteroatoms. The summed E-state index contributed by atoms with van der Waals surface area (Å²) < 4.78 is 4.31. The monoisotopic (exact) mass is 401 g/mol. The molecule has 0 aliphatic carbocycles. The van der Waals surface area contributed by atoms with Gasteiger partial charge < -0.3 is 4.74 Å². The highest BCUT2D eigenvalue weighted by Gasteiger charge is 2.55. The number of rotatable bonds is 2. The van der Waals surface area contributed by atoms with Crippen molar-refractivity contribution < 1.29 is 14.3 Å². The molecule has 1 aliphatic rings. The number of hydrogen-bond donors (Lipinski definition) is 0. The largest absolute Gasteiger partial charge is 0.467 e. The van der Waals surface area contributed by atoms with Crippen molar-refractivity contribution in [2.75, 3.05) is 12.0 Å². The van der Waals surface area contributed by atoms with Crippen LogP contribution in [0.3, 0.4) is 0 Å². The van der Waals surface area contributed by atoms with Gasteiger partial charge in [0.05, 0.1) is 24.9 Å². The lowest BCUT2D eigenvalue weighted by Crippen LogP contribution is -2.35. The van der Waals surface area contributed by atoms with Crippen LogP contribution < -0.4 is 4.90 Å². The zero-order chi connectivity index (χ0) is 16.7. The molecule has 1 aromatic rings. The first kappa shape index (κ1) is 17.7. The Morgan fingerprint density at radius 2 is 1.77 bits per heavy atom. The summed E-state index contributed by atoms with van der Waals surface area (Å²) in [5, 5.41) is 0.593. The molecule has 22 heavy (non-hydrogen) atoms. The minimum atomic E-state index is -1.81. The molecule has 1 saturated heterocycles. The minimum Gasteiger partial charge on any atom is -0.467 e. The molecule has 0 aromatic heterocycles. The van der Waals surface area contributed by atoms with E-state index in [1.165, 1.54) is 18.2 Å². The highest BCUT2D eigenvalue weighted by atomic mass is 35.5. The number of methoxy groups -OCH3 is 1. The molecule has 2 rings (SSSR count). The van der Waals surface area contributed by atoms with Gasteiger partial charge in [-0.05, 0) is 18.2 Å². The van der Waals surface area contributed by atoms with Crippen LogP contribution in [0.5, 0.6) is 0 Å². The van der Waals surface area contributed by atoms with E-state index < -0.39 is 16.8 Å². The van der Waals surface area contributed by atoms with Gasteiger partial charge in [0.15, 0.2) is 4.87 Å². The second-order valence-electron chi connectivity index (χ2n) is 4.44. The van der Waals surface area contributed by atoms with Crippen molar-refractivity contribution in [3.05, 3.63) is 38.4 Å². The number of halogens is 5. The first-order valence-corrected chi connectivity index (χ1v) is 7.72. The number of carbonyl (C=O) groups excluding carboxylic acids is 2. The molecule has 0 N–H and O–H groups in total. The predicted octanol–water partition coefficient (Wildman–Crippen LogP) is 4.53. The van der Waals surface area contributed by atoms with Gasteiger partial charge >= 0.3 is 5.97 Å². The van der Waals surface area contributed by atoms with Crippen LogP contribution in [0.1, 0.15) is 6.42 Å². The SMILES string of the molecule is COC(=O)C1(Cl)CC(=O)N(c2cc(Cl)cc(Cl)c2)C1=C(Cl)Cl. The van der Waals surface area contributed by atoms with Gasteiger partial charge in [0.25, 0.3) is 0 Å². The summed E-state index contributed by atoms with van der Waals surface area (Å²) in [5.41, 5.74) is 0.204. The zero-order valence-electron chi connectivity index (χ0n) is 11.0. The maximum absolute atomic E-state index is 12.3. The molecule has 0 bridgehead atoms. The average molecular weight is 403 g/mol. The van der Waals surface area contributed by atoms with Crippen LogP contribution in [0.25, 0.3) is 0 Å². The third-order valence-corrected chi connectivity index (χ3v) is 4.30. The molecule has 118 valence electrons. The molecule has 0 saturated carbocycles. The average Bonchev–Trinajstić information content (AvgIpc) is 2.69. The first-order valence-electron chi connectivity index (χ1n) is 5.83. The van der Waals surface area contributed by atoms with Crippen LogP contribution in [0.2, 0.25) is 10.0 Å². The summed E-state index contributed by atoms with van der Waals surface area (Å²) in [6.07, 6.45) is -0.358. The van der Waals surface area contributed by atoms with Crippen LogP contribution in [0.4, 0.5) is 5.69 Å². The van der Waals surface area contributed by atoms with Crippen LogP contribution in [0, 0.1) is 0 Å². The summed E-state index contributed by atoms with van der Waals surface area (Å²) in [4.78, 5) is 23.6. The Balaban J connectivity index is 2.63. The molecule has 1 atom stereocenters. The molecule has 1 amide bonds. The predicted molar refractivity (Wildman–Crippen MR) is 87.9 cm³/mol. The number of benzene rings is 1. The molecule has 0 radical (unpaired) electrons. The van der Waals surface area contributed by atoms with Gasteiger partial charge in [-0.15, -0.1) is 0 Å². The molecule has 1 aromatic carbocycles. The third kappa shape index (κ3) is 3.03. The van der Waals surface area contributed by atoms with E-state index in [1.54, 1.807) is 0 Å². The highest BCUT2D eigenvalue weighted by molar-refractivity contribution is 6.58. The van der Waals surface area contributed by atoms with Crippen molar-refractivity contribution in [3.63, 3.8) is 0 Å². The smallest absolute Gasteiger partial charge is 0.333 e. The molecule has 0 spiro atoms. The van der Waals surface area contributed by atoms with E-state index in [1.807, 2.05) is 0 Å². The van der Waals surface area contributed by atoms with Gasteiger partial charge in [-0.3, -0.25) is 9.69 Å². The summed E-state index contributed by atoms with van der Waals surface area (Å²) >= 11 is 29.8. The normalized spacial score (nSPS) is 21.3. The van der Waals surface area contributed by atoms with Crippen molar-refractivity contribution in [2.45, 2.75) is 11.3 Å². The third-order valence-electron chi connectivity index (χ3n) is 3.04.